The van der Waals surface area contributed by atoms with Crippen LogP contribution in [0.3, 0.4) is 0 Å². The van der Waals surface area contributed by atoms with E-state index in [9.17, 15) is 13.2 Å². The van der Waals surface area contributed by atoms with Gasteiger partial charge in [-0.05, 0) is 5.41 Å². The Balaban J connectivity index is 3.00. The summed E-state index contributed by atoms with van der Waals surface area (Å²) in [5.74, 6) is 0. The van der Waals surface area contributed by atoms with Crippen molar-refractivity contribution in [3.63, 3.8) is 0 Å². The van der Waals surface area contributed by atoms with E-state index < -0.39 is 22.7 Å². The molecule has 21 heavy (non-hydrogen) atoms. The van der Waals surface area contributed by atoms with Crippen molar-refractivity contribution in [2.45, 2.75) is 58.5 Å². The number of aromatic nitrogens is 1. The van der Waals surface area contributed by atoms with E-state index in [4.69, 9.17) is 0 Å². The molecule has 0 spiro atoms. The Kier molecular flexibility index (Phi) is 3.42. The smallest absolute Gasteiger partial charge is 0.259 e. The van der Waals surface area contributed by atoms with Crippen molar-refractivity contribution < 1.29 is 13.2 Å². The number of hydrogen-bond acceptors (Lipinski definition) is 3. The predicted molar refractivity (Wildman–Crippen MR) is 73.8 cm³/mol. The molecule has 0 saturated heterocycles. The molecule has 0 aliphatic carbocycles. The molecule has 3 nitrogen and oxygen atoms in total. The van der Waals surface area contributed by atoms with E-state index >= 15 is 0 Å². The monoisotopic (exact) mass is 299 g/mol. The molecular weight excluding hydrogens is 279 g/mol. The quantitative estimate of drug-likeness (QED) is 0.726. The molecule has 1 aromatic heterocycles. The van der Waals surface area contributed by atoms with Crippen LogP contribution in [0.4, 0.5) is 13.2 Å². The van der Waals surface area contributed by atoms with Crippen LogP contribution in [0.25, 0.3) is 0 Å². The van der Waals surface area contributed by atoms with Gasteiger partial charge in [0.2, 0.25) is 0 Å². The molecule has 1 aliphatic rings. The number of rotatable bonds is 0. The van der Waals surface area contributed by atoms with Crippen molar-refractivity contribution in [2.75, 3.05) is 6.67 Å². The SMILES string of the molecule is CC(C)(C)c1nc(C(F)(F)F)c(C(C)(C)C)c2c1=NCN=2. The molecule has 0 radical (unpaired) electrons. The summed E-state index contributed by atoms with van der Waals surface area (Å²) in [6, 6.07) is 0. The summed E-state index contributed by atoms with van der Waals surface area (Å²) in [5.41, 5.74) is -1.57. The predicted octanol–water partition coefficient (Wildman–Crippen LogP) is 2.91. The highest BCUT2D eigenvalue weighted by molar-refractivity contribution is 5.33. The van der Waals surface area contributed by atoms with E-state index in [1.54, 1.807) is 20.8 Å². The van der Waals surface area contributed by atoms with Gasteiger partial charge in [0.1, 0.15) is 12.0 Å². The first-order valence-corrected chi connectivity index (χ1v) is 6.84. The largest absolute Gasteiger partial charge is 0.433 e. The zero-order chi connectivity index (χ0) is 16.2. The van der Waals surface area contributed by atoms with Crippen molar-refractivity contribution in [2.24, 2.45) is 9.98 Å². The molecule has 116 valence electrons. The summed E-state index contributed by atoms with van der Waals surface area (Å²) in [5, 5.41) is 0.871. The van der Waals surface area contributed by atoms with Gasteiger partial charge in [-0.1, -0.05) is 41.5 Å². The van der Waals surface area contributed by atoms with Gasteiger partial charge in [0, 0.05) is 11.0 Å². The van der Waals surface area contributed by atoms with Crippen molar-refractivity contribution in [1.82, 2.24) is 4.98 Å². The molecule has 2 rings (SSSR count). The average Bonchev–Trinajstić information content (AvgIpc) is 2.70. The van der Waals surface area contributed by atoms with Crippen LogP contribution in [0.2, 0.25) is 0 Å². The second-order valence-electron chi connectivity index (χ2n) is 7.34. The molecule has 1 aliphatic heterocycles. The summed E-state index contributed by atoms with van der Waals surface area (Å²) in [6.07, 6.45) is -4.50. The summed E-state index contributed by atoms with van der Waals surface area (Å²) in [6.45, 7) is 10.9. The molecule has 0 amide bonds. The Labute approximate surface area is 122 Å². The number of halogens is 3. The summed E-state index contributed by atoms with van der Waals surface area (Å²) in [4.78, 5) is 12.4. The number of pyridine rings is 1. The molecule has 0 fully saturated rings. The molecular formula is C15H20F3N3. The van der Waals surface area contributed by atoms with Crippen molar-refractivity contribution in [3.05, 3.63) is 27.7 Å². The van der Waals surface area contributed by atoms with E-state index in [2.05, 4.69) is 15.0 Å². The number of hydrogen-bond donors (Lipinski definition) is 0. The molecule has 0 unspecified atom stereocenters. The van der Waals surface area contributed by atoms with Crippen molar-refractivity contribution in [3.8, 4) is 0 Å². The first-order valence-electron chi connectivity index (χ1n) is 6.84. The minimum Gasteiger partial charge on any atom is -0.259 e. The number of fused-ring (bicyclic) bond motifs is 1. The van der Waals surface area contributed by atoms with Crippen molar-refractivity contribution in [1.29, 1.82) is 0 Å². The van der Waals surface area contributed by atoms with Gasteiger partial charge >= 0.3 is 6.18 Å². The van der Waals surface area contributed by atoms with Gasteiger partial charge in [-0.15, -0.1) is 0 Å². The standard InChI is InChI=1S/C15H20F3N3/c1-13(2,3)8-9-10(20-7-19-9)12(14(4,5)6)21-11(8)15(16,17)18/h7H2,1-6H3. The van der Waals surface area contributed by atoms with Gasteiger partial charge in [-0.3, -0.25) is 9.98 Å². The third-order valence-corrected chi connectivity index (χ3v) is 3.33. The highest BCUT2D eigenvalue weighted by Crippen LogP contribution is 2.35. The first kappa shape index (κ1) is 15.9. The Bertz CT molecular complexity index is 689. The van der Waals surface area contributed by atoms with E-state index in [0.29, 0.717) is 16.4 Å². The first-order chi connectivity index (χ1) is 9.33. The highest BCUT2D eigenvalue weighted by atomic mass is 19.4. The Morgan fingerprint density at radius 3 is 1.71 bits per heavy atom. The van der Waals surface area contributed by atoms with Gasteiger partial charge in [-0.25, -0.2) is 4.98 Å². The molecule has 0 aromatic carbocycles. The molecule has 0 N–H and O–H groups in total. The van der Waals surface area contributed by atoms with Gasteiger partial charge in [0.15, 0.2) is 5.69 Å². The number of alkyl halides is 3. The lowest BCUT2D eigenvalue weighted by Gasteiger charge is -2.26. The van der Waals surface area contributed by atoms with Gasteiger partial charge < -0.3 is 0 Å². The fourth-order valence-corrected chi connectivity index (χ4v) is 2.48. The zero-order valence-electron chi connectivity index (χ0n) is 13.2. The lowest BCUT2D eigenvalue weighted by Crippen LogP contribution is -2.43. The topological polar surface area (TPSA) is 37.6 Å². The molecule has 0 atom stereocenters. The fourth-order valence-electron chi connectivity index (χ4n) is 2.48. The van der Waals surface area contributed by atoms with E-state index in [1.807, 2.05) is 20.8 Å². The van der Waals surface area contributed by atoms with Crippen LogP contribution in [0.5, 0.6) is 0 Å². The van der Waals surface area contributed by atoms with Crippen LogP contribution in [0, 0.1) is 0 Å². The second kappa shape index (κ2) is 4.52. The minimum absolute atomic E-state index is 0.138. The molecule has 2 heterocycles. The van der Waals surface area contributed by atoms with Gasteiger partial charge in [0.05, 0.1) is 11.1 Å². The fraction of sp³-hybridized carbons (Fsp3) is 0.667. The molecule has 0 saturated carbocycles. The Morgan fingerprint density at radius 1 is 0.762 bits per heavy atom. The summed E-state index contributed by atoms with van der Waals surface area (Å²) >= 11 is 0. The third-order valence-electron chi connectivity index (χ3n) is 3.33. The number of nitrogens with zero attached hydrogens (tertiary/aromatic N) is 3. The van der Waals surface area contributed by atoms with E-state index in [1.165, 1.54) is 0 Å². The zero-order valence-corrected chi connectivity index (χ0v) is 13.2. The molecule has 0 bridgehead atoms. The maximum absolute atomic E-state index is 13.5. The van der Waals surface area contributed by atoms with Crippen LogP contribution in [0.1, 0.15) is 58.5 Å². The van der Waals surface area contributed by atoms with Crippen LogP contribution in [0.15, 0.2) is 9.98 Å². The molecule has 1 aromatic rings. The maximum Gasteiger partial charge on any atom is 0.433 e. The minimum atomic E-state index is -4.50. The highest BCUT2D eigenvalue weighted by Gasteiger charge is 2.41. The van der Waals surface area contributed by atoms with E-state index in [-0.39, 0.29) is 12.2 Å². The Hall–Kier alpha value is -1.46. The van der Waals surface area contributed by atoms with Gasteiger partial charge in [-0.2, -0.15) is 13.2 Å². The van der Waals surface area contributed by atoms with Gasteiger partial charge in [0.25, 0.3) is 0 Å². The van der Waals surface area contributed by atoms with Crippen LogP contribution >= 0.6 is 0 Å². The normalized spacial score (nSPS) is 15.5. The lowest BCUT2D eigenvalue weighted by molar-refractivity contribution is -0.142. The lowest BCUT2D eigenvalue weighted by atomic mass is 9.82. The third kappa shape index (κ3) is 2.80. The van der Waals surface area contributed by atoms with Crippen LogP contribution < -0.4 is 10.7 Å². The van der Waals surface area contributed by atoms with E-state index in [0.717, 1.165) is 0 Å². The Morgan fingerprint density at radius 2 is 1.29 bits per heavy atom. The summed E-state index contributed by atoms with van der Waals surface area (Å²) < 4.78 is 40.4. The van der Waals surface area contributed by atoms with Crippen LogP contribution in [-0.2, 0) is 17.0 Å². The van der Waals surface area contributed by atoms with Crippen molar-refractivity contribution >= 4 is 0 Å². The molecule has 6 heteroatoms. The summed E-state index contributed by atoms with van der Waals surface area (Å²) in [7, 11) is 0. The maximum atomic E-state index is 13.5. The second-order valence-corrected chi connectivity index (χ2v) is 7.34. The van der Waals surface area contributed by atoms with Crippen LogP contribution in [-0.4, -0.2) is 11.7 Å². The average molecular weight is 299 g/mol.